The maximum absolute atomic E-state index is 13.4. The van der Waals surface area contributed by atoms with Crippen LogP contribution in [-0.2, 0) is 19.1 Å². The van der Waals surface area contributed by atoms with Gasteiger partial charge in [-0.05, 0) is 29.1 Å². The van der Waals surface area contributed by atoms with Crippen LogP contribution in [0.5, 0.6) is 11.5 Å². The van der Waals surface area contributed by atoms with Crippen molar-refractivity contribution in [3.05, 3.63) is 46.2 Å². The highest BCUT2D eigenvalue weighted by Gasteiger charge is 2.35. The Labute approximate surface area is 190 Å². The molecule has 170 valence electrons. The number of methoxy groups -OCH3 is 2. The summed E-state index contributed by atoms with van der Waals surface area (Å²) < 4.78 is 21.0. The number of nitrogens with zero attached hydrogens (tertiary/aromatic N) is 3. The highest BCUT2D eigenvalue weighted by molar-refractivity contribution is 7.12. The summed E-state index contributed by atoms with van der Waals surface area (Å²) in [7, 11) is 3.00. The molecule has 0 aliphatic carbocycles. The minimum Gasteiger partial charge on any atom is -0.454 e. The summed E-state index contributed by atoms with van der Waals surface area (Å²) in [5.74, 6) is 0.773. The number of carbonyl (C=O) groups excluding carboxylic acids is 2. The van der Waals surface area contributed by atoms with Crippen LogP contribution in [-0.4, -0.2) is 74.8 Å². The van der Waals surface area contributed by atoms with Crippen LogP contribution in [0, 0.1) is 0 Å². The Morgan fingerprint density at radius 3 is 2.81 bits per heavy atom. The van der Waals surface area contributed by atoms with Gasteiger partial charge >= 0.3 is 0 Å². The van der Waals surface area contributed by atoms with Crippen LogP contribution in [0.4, 0.5) is 0 Å². The molecule has 0 bridgehead atoms. The number of hydrogen-bond donors (Lipinski definition) is 0. The lowest BCUT2D eigenvalue weighted by atomic mass is 10.0. The molecule has 0 spiro atoms. The summed E-state index contributed by atoms with van der Waals surface area (Å²) in [6, 6.07) is 9.29. The summed E-state index contributed by atoms with van der Waals surface area (Å²) in [5, 5.41) is 8.12. The number of thiophene rings is 1. The zero-order valence-corrected chi connectivity index (χ0v) is 18.8. The second kappa shape index (κ2) is 10.1. The Bertz CT molecular complexity index is 994. The van der Waals surface area contributed by atoms with Gasteiger partial charge in [0, 0.05) is 27.2 Å². The van der Waals surface area contributed by atoms with Crippen molar-refractivity contribution in [2.75, 3.05) is 47.3 Å². The molecule has 1 aromatic heterocycles. The fourth-order valence-electron chi connectivity index (χ4n) is 3.66. The summed E-state index contributed by atoms with van der Waals surface area (Å²) in [6.07, 6.45) is 0.565. The van der Waals surface area contributed by atoms with E-state index in [1.54, 1.807) is 18.4 Å². The lowest BCUT2D eigenvalue weighted by Crippen LogP contribution is -2.44. The zero-order valence-electron chi connectivity index (χ0n) is 18.0. The largest absolute Gasteiger partial charge is 0.454 e. The Morgan fingerprint density at radius 2 is 2.06 bits per heavy atom. The number of fused-ring (bicyclic) bond motifs is 1. The van der Waals surface area contributed by atoms with Crippen molar-refractivity contribution in [2.24, 2.45) is 5.10 Å². The quantitative estimate of drug-likeness (QED) is 0.572. The molecule has 0 radical (unpaired) electrons. The first kappa shape index (κ1) is 22.3. The van der Waals surface area contributed by atoms with Crippen LogP contribution in [0.3, 0.4) is 0 Å². The van der Waals surface area contributed by atoms with E-state index in [1.807, 2.05) is 35.7 Å². The number of benzene rings is 1. The summed E-state index contributed by atoms with van der Waals surface area (Å²) in [6.45, 7) is 0.561. The molecule has 4 rings (SSSR count). The molecule has 2 amide bonds. The highest BCUT2D eigenvalue weighted by atomic mass is 32.1. The van der Waals surface area contributed by atoms with Crippen LogP contribution in [0.1, 0.15) is 22.9 Å². The fraction of sp³-hybridized carbons (Fsp3) is 0.409. The van der Waals surface area contributed by atoms with Gasteiger partial charge in [-0.3, -0.25) is 9.59 Å². The Kier molecular flexibility index (Phi) is 7.03. The van der Waals surface area contributed by atoms with Crippen molar-refractivity contribution in [3.8, 4) is 11.5 Å². The molecular weight excluding hydrogens is 434 g/mol. The van der Waals surface area contributed by atoms with Crippen molar-refractivity contribution in [2.45, 2.75) is 12.5 Å². The van der Waals surface area contributed by atoms with Crippen LogP contribution >= 0.6 is 11.3 Å². The van der Waals surface area contributed by atoms with E-state index in [1.165, 1.54) is 17.0 Å². The lowest BCUT2D eigenvalue weighted by molar-refractivity contribution is -0.144. The van der Waals surface area contributed by atoms with Gasteiger partial charge in [0.15, 0.2) is 11.5 Å². The van der Waals surface area contributed by atoms with Gasteiger partial charge < -0.3 is 23.8 Å². The number of ether oxygens (including phenoxy) is 4. The smallest absolute Gasteiger partial charge is 0.262 e. The topological polar surface area (TPSA) is 89.9 Å². The molecule has 3 heterocycles. The Hall–Kier alpha value is -2.95. The van der Waals surface area contributed by atoms with Crippen LogP contribution in [0.15, 0.2) is 40.8 Å². The third kappa shape index (κ3) is 4.77. The standard InChI is InChI=1S/C22H25N3O6S/c1-28-8-7-24(22(27)13-29-2)12-21(26)25-17(11-16(23-25)20-4-3-9-32-20)15-5-6-18-19(10-15)31-14-30-18/h3-6,9-10,17H,7-8,11-14H2,1-2H3/t17-/m1/s1. The van der Waals surface area contributed by atoms with Crippen LogP contribution in [0.2, 0.25) is 0 Å². The molecule has 2 aromatic rings. The number of carbonyl (C=O) groups is 2. The molecule has 9 nitrogen and oxygen atoms in total. The van der Waals surface area contributed by atoms with Gasteiger partial charge in [0.1, 0.15) is 13.2 Å². The fourth-order valence-corrected chi connectivity index (χ4v) is 4.38. The number of amides is 2. The maximum Gasteiger partial charge on any atom is 0.262 e. The molecule has 1 atom stereocenters. The van der Waals surface area contributed by atoms with Gasteiger partial charge in [-0.2, -0.15) is 5.10 Å². The Morgan fingerprint density at radius 1 is 1.22 bits per heavy atom. The van der Waals surface area contributed by atoms with Crippen molar-refractivity contribution < 1.29 is 28.5 Å². The van der Waals surface area contributed by atoms with E-state index in [9.17, 15) is 9.59 Å². The van der Waals surface area contributed by atoms with E-state index in [-0.39, 0.29) is 44.3 Å². The predicted molar refractivity (Wildman–Crippen MR) is 118 cm³/mol. The van der Waals surface area contributed by atoms with E-state index in [2.05, 4.69) is 5.10 Å². The number of hydrazone groups is 1. The van der Waals surface area contributed by atoms with Gasteiger partial charge in [-0.15, -0.1) is 11.3 Å². The average Bonchev–Trinajstić information content (AvgIpc) is 3.55. The van der Waals surface area contributed by atoms with Gasteiger partial charge in [0.05, 0.1) is 23.2 Å². The van der Waals surface area contributed by atoms with E-state index < -0.39 is 0 Å². The monoisotopic (exact) mass is 459 g/mol. The summed E-state index contributed by atoms with van der Waals surface area (Å²) in [5.41, 5.74) is 1.73. The Balaban J connectivity index is 1.59. The van der Waals surface area contributed by atoms with Crippen molar-refractivity contribution in [1.82, 2.24) is 9.91 Å². The molecular formula is C22H25N3O6S. The van der Waals surface area contributed by atoms with Crippen molar-refractivity contribution in [3.63, 3.8) is 0 Å². The number of hydrogen-bond acceptors (Lipinski definition) is 8. The first-order chi connectivity index (χ1) is 15.6. The molecule has 32 heavy (non-hydrogen) atoms. The SMILES string of the molecule is COCCN(CC(=O)N1N=C(c2cccs2)C[C@@H]1c1ccc2c(c1)OCO2)C(=O)COC. The predicted octanol–water partition coefficient (Wildman–Crippen LogP) is 2.28. The first-order valence-electron chi connectivity index (χ1n) is 10.2. The molecule has 2 aliphatic heterocycles. The molecule has 0 saturated heterocycles. The average molecular weight is 460 g/mol. The van der Waals surface area contributed by atoms with Crippen molar-refractivity contribution >= 4 is 28.9 Å². The number of rotatable bonds is 9. The third-order valence-corrected chi connectivity index (χ3v) is 6.18. The van der Waals surface area contributed by atoms with E-state index >= 15 is 0 Å². The minimum absolute atomic E-state index is 0.105. The molecule has 0 unspecified atom stereocenters. The molecule has 2 aliphatic rings. The summed E-state index contributed by atoms with van der Waals surface area (Å²) in [4.78, 5) is 28.2. The highest BCUT2D eigenvalue weighted by Crippen LogP contribution is 2.39. The van der Waals surface area contributed by atoms with Gasteiger partial charge in [-0.1, -0.05) is 12.1 Å². The molecule has 10 heteroatoms. The second-order valence-electron chi connectivity index (χ2n) is 7.34. The molecule has 0 N–H and O–H groups in total. The van der Waals surface area contributed by atoms with Gasteiger partial charge in [0.2, 0.25) is 12.7 Å². The molecule has 0 fully saturated rings. The maximum atomic E-state index is 13.4. The van der Waals surface area contributed by atoms with Gasteiger partial charge in [0.25, 0.3) is 5.91 Å². The van der Waals surface area contributed by atoms with E-state index in [0.717, 1.165) is 16.2 Å². The van der Waals surface area contributed by atoms with Crippen LogP contribution in [0.25, 0.3) is 0 Å². The molecule has 0 saturated carbocycles. The first-order valence-corrected chi connectivity index (χ1v) is 11.1. The lowest BCUT2D eigenvalue weighted by Gasteiger charge is -2.27. The normalized spacial score (nSPS) is 16.9. The van der Waals surface area contributed by atoms with E-state index in [4.69, 9.17) is 18.9 Å². The zero-order chi connectivity index (χ0) is 22.5. The second-order valence-corrected chi connectivity index (χ2v) is 8.28. The van der Waals surface area contributed by atoms with E-state index in [0.29, 0.717) is 24.5 Å². The molecule has 1 aromatic carbocycles. The summed E-state index contributed by atoms with van der Waals surface area (Å²) >= 11 is 1.58. The van der Waals surface area contributed by atoms with Crippen LogP contribution < -0.4 is 9.47 Å². The van der Waals surface area contributed by atoms with Crippen molar-refractivity contribution in [1.29, 1.82) is 0 Å². The minimum atomic E-state index is -0.309. The third-order valence-electron chi connectivity index (χ3n) is 5.26. The van der Waals surface area contributed by atoms with Gasteiger partial charge in [-0.25, -0.2) is 5.01 Å².